The number of aliphatic hydroxyl groups is 1. The van der Waals surface area contributed by atoms with Gasteiger partial charge in [-0.25, -0.2) is 13.6 Å². The van der Waals surface area contributed by atoms with Gasteiger partial charge in [0.1, 0.15) is 36.4 Å². The second-order valence-corrected chi connectivity index (χ2v) is 22.1. The number of carbonyl (C=O) groups excluding carboxylic acids is 8. The number of hydrogen-bond donors (Lipinski definition) is 8. The summed E-state index contributed by atoms with van der Waals surface area (Å²) in [6.45, 7) is 10.4. The van der Waals surface area contributed by atoms with E-state index in [-0.39, 0.29) is 68.1 Å². The van der Waals surface area contributed by atoms with E-state index in [0.29, 0.717) is 69.2 Å². The summed E-state index contributed by atoms with van der Waals surface area (Å²) in [4.78, 5) is 118. The van der Waals surface area contributed by atoms with Crippen LogP contribution in [0.3, 0.4) is 0 Å². The molecule has 2 aromatic carbocycles. The van der Waals surface area contributed by atoms with Gasteiger partial charge in [-0.3, -0.25) is 43.3 Å². The van der Waals surface area contributed by atoms with Gasteiger partial charge in [-0.2, -0.15) is 0 Å². The van der Waals surface area contributed by atoms with Gasteiger partial charge in [-0.05, 0) is 99.5 Å². The molecule has 436 valence electrons. The van der Waals surface area contributed by atoms with E-state index in [9.17, 15) is 57.8 Å². The zero-order valence-corrected chi connectivity index (χ0v) is 46.6. The van der Waals surface area contributed by atoms with Crippen molar-refractivity contribution in [2.75, 3.05) is 26.2 Å². The van der Waals surface area contributed by atoms with Gasteiger partial charge in [0, 0.05) is 73.8 Å². The first kappa shape index (κ1) is 63.5. The lowest BCUT2D eigenvalue weighted by Crippen LogP contribution is -2.56. The smallest absolute Gasteiger partial charge is 0.326 e. The Morgan fingerprint density at radius 2 is 1.52 bits per heavy atom. The molecule has 0 bridgehead atoms. The molecule has 0 unspecified atom stereocenters. The number of aromatic nitrogens is 1. The fourth-order valence-electron chi connectivity index (χ4n) is 10.1. The molecule has 0 spiro atoms. The normalized spacial score (nSPS) is 17.1. The molecule has 3 aromatic rings. The van der Waals surface area contributed by atoms with Crippen molar-refractivity contribution in [3.63, 3.8) is 0 Å². The van der Waals surface area contributed by atoms with Crippen molar-refractivity contribution in [2.24, 2.45) is 23.0 Å². The maximum absolute atomic E-state index is 15.2. The zero-order valence-electron chi connectivity index (χ0n) is 46.6. The topological polar surface area (TPSA) is 292 Å². The Kier molecular flexibility index (Phi) is 23.6. The quantitative estimate of drug-likeness (QED) is 0.0341. The van der Waals surface area contributed by atoms with Crippen LogP contribution in [0.15, 0.2) is 72.9 Å². The number of carboxylic acids is 1. The SMILES string of the molecule is CC(C)[C@H](NC(=O)CCCCCN1C(=O)C=CC1=O)C(=O)N[C@@H](C)C(=O)N[C@@H](CCCCNC(=O)[C@@H]1CCC[C@@H]1NC(=O)[C@@H](N)CCN(C(=O)CO)[C@@H](c1cc(-c2cc(F)ccc2F)cn1Cc1ccccc1)C(C)(C)C)C(=O)O. The number of hydrogen-bond acceptors (Lipinski definition) is 11. The number of benzene rings is 2. The number of carbonyl (C=O) groups is 9. The molecule has 2 heterocycles. The molecular weight excluding hydrogens is 1040 g/mol. The second-order valence-electron chi connectivity index (χ2n) is 22.1. The van der Waals surface area contributed by atoms with Crippen molar-refractivity contribution in [1.82, 2.24) is 41.0 Å². The molecule has 1 aliphatic carbocycles. The van der Waals surface area contributed by atoms with Crippen molar-refractivity contribution in [1.29, 1.82) is 0 Å². The van der Waals surface area contributed by atoms with Crippen LogP contribution in [0.25, 0.3) is 11.1 Å². The molecule has 22 heteroatoms. The van der Waals surface area contributed by atoms with E-state index in [2.05, 4.69) is 26.6 Å². The monoisotopic (exact) mass is 1120 g/mol. The number of rotatable bonds is 30. The molecule has 0 radical (unpaired) electrons. The van der Waals surface area contributed by atoms with Gasteiger partial charge < -0.3 is 52.0 Å². The van der Waals surface area contributed by atoms with Gasteiger partial charge in [-0.1, -0.05) is 77.8 Å². The molecule has 20 nitrogen and oxygen atoms in total. The number of nitrogens with two attached hydrogens (primary N) is 1. The van der Waals surface area contributed by atoms with Crippen LogP contribution in [0.5, 0.6) is 0 Å². The van der Waals surface area contributed by atoms with E-state index >= 15 is 4.39 Å². The lowest BCUT2D eigenvalue weighted by atomic mass is 9.82. The molecule has 80 heavy (non-hydrogen) atoms. The highest BCUT2D eigenvalue weighted by atomic mass is 19.1. The summed E-state index contributed by atoms with van der Waals surface area (Å²) in [5, 5.41) is 33.7. The van der Waals surface area contributed by atoms with Gasteiger partial charge in [0.05, 0.1) is 18.0 Å². The molecular formula is C58H79F2N9O11. The first-order valence-electron chi connectivity index (χ1n) is 27.5. The first-order chi connectivity index (χ1) is 37.9. The number of carboxylic acid groups (broad SMARTS) is 1. The molecule has 1 fully saturated rings. The standard InChI is InChI=1S/C58H79F2N9O11/c1-35(2)51(66-47(71)21-11-8-14-28-68-48(72)24-25-49(68)73)56(78)63-36(3)53(75)65-45(57(79)80)19-12-13-27-62-54(76)40-18-15-20-44(40)64-55(77)43(61)26-29-69(50(74)34-70)52(58(4,5)6)46-30-38(41-31-39(59)22-23-42(41)60)33-67(46)32-37-16-9-7-10-17-37/h7,9-10,16-17,22-25,30-31,33,35-36,40,43-45,51-52,70H,8,11-15,18-21,26-29,32,34,61H2,1-6H3,(H,62,76)(H,63,78)(H,64,77)(H,65,75)(H,66,71)(H,79,80)/t36-,40+,43-,44-,45-,51-,52-/m0/s1. The summed E-state index contributed by atoms with van der Waals surface area (Å²) in [7, 11) is 0. The summed E-state index contributed by atoms with van der Waals surface area (Å²) < 4.78 is 31.5. The minimum absolute atomic E-state index is 0.0119. The van der Waals surface area contributed by atoms with Crippen LogP contribution in [0.1, 0.15) is 129 Å². The number of amides is 8. The molecule has 1 aliphatic heterocycles. The summed E-state index contributed by atoms with van der Waals surface area (Å²) in [6, 6.07) is 8.49. The summed E-state index contributed by atoms with van der Waals surface area (Å²) in [5.74, 6) is -7.49. The molecule has 5 rings (SSSR count). The average Bonchev–Trinajstić information content (AvgIpc) is 4.19. The fourth-order valence-corrected chi connectivity index (χ4v) is 10.1. The third kappa shape index (κ3) is 18.1. The van der Waals surface area contributed by atoms with Crippen molar-refractivity contribution in [3.05, 3.63) is 95.8 Å². The average molecular weight is 1120 g/mol. The van der Waals surface area contributed by atoms with E-state index in [1.807, 2.05) is 55.7 Å². The predicted octanol–water partition coefficient (Wildman–Crippen LogP) is 4.38. The molecule has 8 amide bonds. The van der Waals surface area contributed by atoms with E-state index < -0.39 is 101 Å². The number of nitrogens with zero attached hydrogens (tertiary/aromatic N) is 3. The second kappa shape index (κ2) is 29.8. The van der Waals surface area contributed by atoms with Crippen LogP contribution in [0, 0.1) is 28.9 Å². The number of nitrogens with one attached hydrogen (secondary N) is 5. The van der Waals surface area contributed by atoms with Gasteiger partial charge in [0.2, 0.25) is 35.4 Å². The lowest BCUT2D eigenvalue weighted by Gasteiger charge is -2.41. The summed E-state index contributed by atoms with van der Waals surface area (Å²) in [6.07, 6.45) is 8.01. The minimum Gasteiger partial charge on any atom is -0.480 e. The summed E-state index contributed by atoms with van der Waals surface area (Å²) in [5.41, 5.74) is 7.69. The Bertz CT molecular complexity index is 2690. The first-order valence-corrected chi connectivity index (χ1v) is 27.5. The molecule has 0 saturated heterocycles. The Balaban J connectivity index is 1.09. The highest BCUT2D eigenvalue weighted by Crippen LogP contribution is 2.41. The van der Waals surface area contributed by atoms with Gasteiger partial charge in [0.25, 0.3) is 11.8 Å². The van der Waals surface area contributed by atoms with Crippen LogP contribution in [0.4, 0.5) is 8.78 Å². The zero-order chi connectivity index (χ0) is 58.8. The molecule has 1 saturated carbocycles. The van der Waals surface area contributed by atoms with Gasteiger partial charge in [-0.15, -0.1) is 0 Å². The highest BCUT2D eigenvalue weighted by Gasteiger charge is 2.39. The predicted molar refractivity (Wildman–Crippen MR) is 293 cm³/mol. The third-order valence-corrected chi connectivity index (χ3v) is 14.5. The van der Waals surface area contributed by atoms with Crippen LogP contribution < -0.4 is 32.3 Å². The van der Waals surface area contributed by atoms with E-state index in [1.165, 1.54) is 24.0 Å². The lowest BCUT2D eigenvalue weighted by molar-refractivity contribution is -0.142. The minimum atomic E-state index is -1.31. The maximum atomic E-state index is 15.2. The number of imide groups is 1. The third-order valence-electron chi connectivity index (χ3n) is 14.5. The number of aliphatic hydroxyl groups excluding tert-OH is 1. The van der Waals surface area contributed by atoms with Crippen LogP contribution in [0.2, 0.25) is 0 Å². The van der Waals surface area contributed by atoms with Crippen LogP contribution in [-0.2, 0) is 49.7 Å². The molecule has 9 N–H and O–H groups in total. The van der Waals surface area contributed by atoms with Gasteiger partial charge in [0.15, 0.2) is 0 Å². The van der Waals surface area contributed by atoms with E-state index in [1.54, 1.807) is 26.1 Å². The summed E-state index contributed by atoms with van der Waals surface area (Å²) >= 11 is 0. The fraction of sp³-hybridized carbons (Fsp3) is 0.534. The number of halogens is 2. The van der Waals surface area contributed by atoms with Crippen molar-refractivity contribution < 1.29 is 62.1 Å². The van der Waals surface area contributed by atoms with Gasteiger partial charge >= 0.3 is 5.97 Å². The Morgan fingerprint density at radius 3 is 2.17 bits per heavy atom. The molecule has 2 aliphatic rings. The highest BCUT2D eigenvalue weighted by molar-refractivity contribution is 6.12. The number of aliphatic carboxylic acids is 1. The molecule has 1 aromatic heterocycles. The maximum Gasteiger partial charge on any atom is 0.326 e. The van der Waals surface area contributed by atoms with E-state index in [4.69, 9.17) is 5.73 Å². The van der Waals surface area contributed by atoms with E-state index in [0.717, 1.165) is 28.7 Å². The Labute approximate surface area is 466 Å². The van der Waals surface area contributed by atoms with Crippen LogP contribution >= 0.6 is 0 Å². The largest absolute Gasteiger partial charge is 0.480 e. The van der Waals surface area contributed by atoms with Crippen molar-refractivity contribution >= 4 is 53.2 Å². The van der Waals surface area contributed by atoms with Crippen molar-refractivity contribution in [2.45, 2.75) is 155 Å². The Hall–Kier alpha value is -7.33. The van der Waals surface area contributed by atoms with Crippen LogP contribution in [-0.4, -0.2) is 134 Å². The molecule has 7 atom stereocenters. The Morgan fingerprint density at radius 1 is 0.825 bits per heavy atom. The van der Waals surface area contributed by atoms with Crippen molar-refractivity contribution in [3.8, 4) is 11.1 Å². The number of unbranched alkanes of at least 4 members (excludes halogenated alkanes) is 3.